The lowest BCUT2D eigenvalue weighted by molar-refractivity contribution is -0.123. The quantitative estimate of drug-likeness (QED) is 0.120. The van der Waals surface area contributed by atoms with Gasteiger partial charge in [-0.25, -0.2) is 10.2 Å². The van der Waals surface area contributed by atoms with Crippen LogP contribution in [0.1, 0.15) is 15.9 Å². The molecule has 0 unspecified atom stereocenters. The van der Waals surface area contributed by atoms with Gasteiger partial charge in [0, 0.05) is 4.47 Å². The summed E-state index contributed by atoms with van der Waals surface area (Å²) in [7, 11) is 1.47. The van der Waals surface area contributed by atoms with Gasteiger partial charge in [0.2, 0.25) is 0 Å². The van der Waals surface area contributed by atoms with Gasteiger partial charge >= 0.3 is 5.97 Å². The van der Waals surface area contributed by atoms with E-state index in [1.807, 2.05) is 60.7 Å². The standard InChI is InChI=1S/C29H23BrN2O5/c1-35-27-16-20(10-15-26(27)37-29(34)23-8-5-9-24(30)17-23)18-31-32-28(33)19-36-25-13-11-22(12-14-25)21-6-3-2-4-7-21/h2-18H,19H2,1H3,(H,32,33)/b31-18+. The lowest BCUT2D eigenvalue weighted by Crippen LogP contribution is -2.24. The molecule has 0 radical (unpaired) electrons. The molecule has 0 aromatic heterocycles. The number of hydrazone groups is 1. The minimum atomic E-state index is -0.511. The predicted molar refractivity (Wildman–Crippen MR) is 145 cm³/mol. The van der Waals surface area contributed by atoms with E-state index in [1.54, 1.807) is 36.4 Å². The maximum Gasteiger partial charge on any atom is 0.343 e. The second-order valence-electron chi connectivity index (χ2n) is 7.78. The van der Waals surface area contributed by atoms with Crippen molar-refractivity contribution in [3.8, 4) is 28.4 Å². The van der Waals surface area contributed by atoms with Crippen molar-refractivity contribution in [2.75, 3.05) is 13.7 Å². The van der Waals surface area contributed by atoms with Crippen LogP contribution in [0.2, 0.25) is 0 Å². The van der Waals surface area contributed by atoms with Crippen molar-refractivity contribution in [2.45, 2.75) is 0 Å². The van der Waals surface area contributed by atoms with Crippen molar-refractivity contribution in [1.29, 1.82) is 0 Å². The van der Waals surface area contributed by atoms with Crippen LogP contribution in [0.3, 0.4) is 0 Å². The Hall–Kier alpha value is -4.43. The first-order valence-corrected chi connectivity index (χ1v) is 12.1. The maximum atomic E-state index is 12.4. The average Bonchev–Trinajstić information content (AvgIpc) is 2.93. The van der Waals surface area contributed by atoms with Crippen LogP contribution >= 0.6 is 15.9 Å². The summed E-state index contributed by atoms with van der Waals surface area (Å²) in [5, 5.41) is 3.96. The van der Waals surface area contributed by atoms with E-state index in [0.29, 0.717) is 22.6 Å². The highest BCUT2D eigenvalue weighted by atomic mass is 79.9. The predicted octanol–water partition coefficient (Wildman–Crippen LogP) is 5.87. The van der Waals surface area contributed by atoms with Gasteiger partial charge in [0.15, 0.2) is 18.1 Å². The number of rotatable bonds is 9. The van der Waals surface area contributed by atoms with Crippen LogP contribution in [-0.4, -0.2) is 31.8 Å². The normalized spacial score (nSPS) is 10.6. The third kappa shape index (κ3) is 7.28. The molecule has 186 valence electrons. The van der Waals surface area contributed by atoms with Crippen LogP contribution in [0.15, 0.2) is 107 Å². The van der Waals surface area contributed by atoms with Crippen molar-refractivity contribution in [3.63, 3.8) is 0 Å². The molecule has 0 saturated carbocycles. The van der Waals surface area contributed by atoms with E-state index in [0.717, 1.165) is 15.6 Å². The van der Waals surface area contributed by atoms with Crippen molar-refractivity contribution >= 4 is 34.0 Å². The van der Waals surface area contributed by atoms with Crippen LogP contribution in [0.25, 0.3) is 11.1 Å². The highest BCUT2D eigenvalue weighted by Gasteiger charge is 2.13. The molecule has 1 N–H and O–H groups in total. The van der Waals surface area contributed by atoms with Crippen molar-refractivity contribution < 1.29 is 23.8 Å². The zero-order chi connectivity index (χ0) is 26.0. The maximum absolute atomic E-state index is 12.4. The van der Waals surface area contributed by atoms with Crippen LogP contribution in [0.5, 0.6) is 17.2 Å². The highest BCUT2D eigenvalue weighted by molar-refractivity contribution is 9.10. The van der Waals surface area contributed by atoms with Gasteiger partial charge in [-0.3, -0.25) is 4.79 Å². The van der Waals surface area contributed by atoms with E-state index in [1.165, 1.54) is 13.3 Å². The summed E-state index contributed by atoms with van der Waals surface area (Å²) in [5.74, 6) is 0.274. The Morgan fingerprint density at radius 2 is 1.62 bits per heavy atom. The number of esters is 1. The average molecular weight is 559 g/mol. The van der Waals surface area contributed by atoms with Gasteiger partial charge in [-0.05, 0) is 65.2 Å². The molecule has 0 heterocycles. The van der Waals surface area contributed by atoms with Gasteiger partial charge in [-0.15, -0.1) is 0 Å². The number of hydrogen-bond donors (Lipinski definition) is 1. The van der Waals surface area contributed by atoms with Crippen molar-refractivity contribution in [2.24, 2.45) is 5.10 Å². The third-order valence-corrected chi connectivity index (χ3v) is 5.68. The number of nitrogens with one attached hydrogen (secondary N) is 1. The summed E-state index contributed by atoms with van der Waals surface area (Å²) in [6.07, 6.45) is 1.45. The first kappa shape index (κ1) is 25.7. The summed E-state index contributed by atoms with van der Waals surface area (Å²) in [6.45, 7) is -0.185. The highest BCUT2D eigenvalue weighted by Crippen LogP contribution is 2.28. The number of hydrogen-bond acceptors (Lipinski definition) is 6. The van der Waals surface area contributed by atoms with E-state index in [9.17, 15) is 9.59 Å². The van der Waals surface area contributed by atoms with Gasteiger partial charge in [0.25, 0.3) is 5.91 Å². The molecule has 0 saturated heterocycles. The zero-order valence-corrected chi connectivity index (χ0v) is 21.5. The van der Waals surface area contributed by atoms with Crippen LogP contribution in [0.4, 0.5) is 0 Å². The minimum absolute atomic E-state index is 0.185. The summed E-state index contributed by atoms with van der Waals surface area (Å²) >= 11 is 3.34. The van der Waals surface area contributed by atoms with Gasteiger partial charge in [0.05, 0.1) is 18.9 Å². The van der Waals surface area contributed by atoms with Gasteiger partial charge in [-0.1, -0.05) is 64.5 Å². The van der Waals surface area contributed by atoms with Crippen molar-refractivity contribution in [3.05, 3.63) is 113 Å². The number of benzene rings is 4. The first-order valence-electron chi connectivity index (χ1n) is 11.3. The summed E-state index contributed by atoms with van der Waals surface area (Å²) in [5.41, 5.74) is 5.63. The van der Waals surface area contributed by atoms with Crippen LogP contribution < -0.4 is 19.6 Å². The number of ether oxygens (including phenoxy) is 3. The fourth-order valence-corrected chi connectivity index (χ4v) is 3.76. The second-order valence-corrected chi connectivity index (χ2v) is 8.70. The number of methoxy groups -OCH3 is 1. The third-order valence-electron chi connectivity index (χ3n) is 5.18. The molecule has 37 heavy (non-hydrogen) atoms. The van der Waals surface area contributed by atoms with E-state index in [-0.39, 0.29) is 12.4 Å². The monoisotopic (exact) mass is 558 g/mol. The SMILES string of the molecule is COc1cc(/C=N/NC(=O)COc2ccc(-c3ccccc3)cc2)ccc1OC(=O)c1cccc(Br)c1. The first-order chi connectivity index (χ1) is 18.0. The van der Waals surface area contributed by atoms with Gasteiger partial charge in [0.1, 0.15) is 5.75 Å². The van der Waals surface area contributed by atoms with Gasteiger partial charge < -0.3 is 14.2 Å². The Bertz CT molecular complexity index is 1410. The molecule has 0 aliphatic heterocycles. The molecule has 0 fully saturated rings. The number of carbonyl (C=O) groups excluding carboxylic acids is 2. The molecule has 0 spiro atoms. The van der Waals surface area contributed by atoms with Crippen LogP contribution in [-0.2, 0) is 4.79 Å². The largest absolute Gasteiger partial charge is 0.493 e. The lowest BCUT2D eigenvalue weighted by Gasteiger charge is -2.10. The Morgan fingerprint density at radius 1 is 0.865 bits per heavy atom. The molecule has 8 heteroatoms. The Morgan fingerprint density at radius 3 is 2.35 bits per heavy atom. The lowest BCUT2D eigenvalue weighted by atomic mass is 10.1. The summed E-state index contributed by atoms with van der Waals surface area (Å²) in [6, 6.07) is 29.3. The smallest absolute Gasteiger partial charge is 0.343 e. The topological polar surface area (TPSA) is 86.2 Å². The molecule has 0 aliphatic rings. The van der Waals surface area contributed by atoms with Crippen molar-refractivity contribution in [1.82, 2.24) is 5.43 Å². The second kappa shape index (κ2) is 12.5. The fourth-order valence-electron chi connectivity index (χ4n) is 3.36. The molecule has 0 atom stereocenters. The zero-order valence-electron chi connectivity index (χ0n) is 19.9. The number of carbonyl (C=O) groups is 2. The molecule has 4 aromatic carbocycles. The van der Waals surface area contributed by atoms with Crippen LogP contribution in [0, 0.1) is 0 Å². The van der Waals surface area contributed by atoms with E-state index >= 15 is 0 Å². The summed E-state index contributed by atoms with van der Waals surface area (Å²) < 4.78 is 17.1. The Kier molecular flexibility index (Phi) is 8.67. The van der Waals surface area contributed by atoms with E-state index < -0.39 is 11.9 Å². The number of nitrogens with zero attached hydrogens (tertiary/aromatic N) is 1. The molecular weight excluding hydrogens is 536 g/mol. The molecule has 0 aliphatic carbocycles. The molecule has 1 amide bonds. The Balaban J connectivity index is 1.28. The fraction of sp³-hybridized carbons (Fsp3) is 0.0690. The minimum Gasteiger partial charge on any atom is -0.493 e. The molecule has 4 rings (SSSR count). The molecule has 7 nitrogen and oxygen atoms in total. The van der Waals surface area contributed by atoms with E-state index in [4.69, 9.17) is 14.2 Å². The Labute approximate surface area is 222 Å². The van der Waals surface area contributed by atoms with E-state index in [2.05, 4.69) is 26.5 Å². The molecule has 0 bridgehead atoms. The van der Waals surface area contributed by atoms with Gasteiger partial charge in [-0.2, -0.15) is 5.10 Å². The summed E-state index contributed by atoms with van der Waals surface area (Å²) in [4.78, 5) is 24.5. The number of amides is 1. The molecule has 4 aromatic rings. The molecular formula is C29H23BrN2O5. The number of halogens is 1.